The number of nitrogens with zero attached hydrogens (tertiary/aromatic N) is 1. The molecule has 2 aromatic carbocycles. The fourth-order valence-electron chi connectivity index (χ4n) is 2.88. The number of carbonyl (C=O) groups excluding carboxylic acids is 2. The molecule has 1 aliphatic rings. The van der Waals surface area contributed by atoms with E-state index < -0.39 is 0 Å². The molecule has 2 aromatic rings. The van der Waals surface area contributed by atoms with Crippen molar-refractivity contribution >= 4 is 29.1 Å². The number of fused-ring (bicyclic) bond motifs is 1. The van der Waals surface area contributed by atoms with Gasteiger partial charge in [-0.1, -0.05) is 23.7 Å². The monoisotopic (exact) mass is 358 g/mol. The molecule has 0 fully saturated rings. The minimum absolute atomic E-state index is 0.0338. The molecule has 0 unspecified atom stereocenters. The van der Waals surface area contributed by atoms with Crippen molar-refractivity contribution in [2.24, 2.45) is 0 Å². The van der Waals surface area contributed by atoms with Gasteiger partial charge in [0.15, 0.2) is 0 Å². The highest BCUT2D eigenvalue weighted by atomic mass is 35.5. The zero-order valence-corrected chi connectivity index (χ0v) is 14.7. The lowest BCUT2D eigenvalue weighted by molar-refractivity contribution is -0.124. The number of methoxy groups -OCH3 is 1. The van der Waals surface area contributed by atoms with Crippen molar-refractivity contribution in [1.82, 2.24) is 5.32 Å². The minimum Gasteiger partial charge on any atom is -0.375 e. The van der Waals surface area contributed by atoms with Crippen LogP contribution in [0.4, 0.5) is 5.69 Å². The highest BCUT2D eigenvalue weighted by Gasteiger charge is 2.25. The molecule has 0 aliphatic carbocycles. The molecule has 2 amide bonds. The number of benzene rings is 2. The van der Waals surface area contributed by atoms with Crippen LogP contribution in [0.3, 0.4) is 0 Å². The summed E-state index contributed by atoms with van der Waals surface area (Å²) in [6.07, 6.45) is 0.824. The molecule has 0 radical (unpaired) electrons. The Morgan fingerprint density at radius 2 is 1.96 bits per heavy atom. The third kappa shape index (κ3) is 4.00. The maximum absolute atomic E-state index is 12.8. The molecule has 0 spiro atoms. The summed E-state index contributed by atoms with van der Waals surface area (Å²) >= 11 is 5.89. The van der Waals surface area contributed by atoms with Crippen LogP contribution in [0.15, 0.2) is 42.5 Å². The van der Waals surface area contributed by atoms with Crippen LogP contribution >= 0.6 is 11.6 Å². The van der Waals surface area contributed by atoms with E-state index in [-0.39, 0.29) is 18.4 Å². The van der Waals surface area contributed by atoms with Crippen LogP contribution in [0.5, 0.6) is 0 Å². The number of rotatable bonds is 5. The predicted octanol–water partition coefficient (Wildman–Crippen LogP) is 2.81. The zero-order chi connectivity index (χ0) is 17.8. The summed E-state index contributed by atoms with van der Waals surface area (Å²) in [6.45, 7) is 1.08. The third-order valence-corrected chi connectivity index (χ3v) is 4.40. The summed E-state index contributed by atoms with van der Waals surface area (Å²) < 4.78 is 4.80. The lowest BCUT2D eigenvalue weighted by Gasteiger charge is -2.18. The van der Waals surface area contributed by atoms with Crippen LogP contribution in [0, 0.1) is 0 Å². The van der Waals surface area contributed by atoms with Gasteiger partial charge < -0.3 is 15.0 Å². The average molecular weight is 359 g/mol. The summed E-state index contributed by atoms with van der Waals surface area (Å²) in [6, 6.07) is 12.9. The van der Waals surface area contributed by atoms with Crippen LogP contribution < -0.4 is 10.2 Å². The van der Waals surface area contributed by atoms with Crippen molar-refractivity contribution in [1.29, 1.82) is 0 Å². The Labute approximate surface area is 151 Å². The molecule has 0 saturated heterocycles. The van der Waals surface area contributed by atoms with E-state index in [9.17, 15) is 9.59 Å². The first-order valence-electron chi connectivity index (χ1n) is 8.03. The fraction of sp³-hybridized carbons (Fsp3) is 0.263. The van der Waals surface area contributed by atoms with Gasteiger partial charge >= 0.3 is 0 Å². The number of ether oxygens (including phenoxy) is 1. The van der Waals surface area contributed by atoms with Crippen LogP contribution in [0.2, 0.25) is 5.02 Å². The molecular formula is C19H19ClN2O3. The Kier molecular flexibility index (Phi) is 5.36. The van der Waals surface area contributed by atoms with E-state index in [4.69, 9.17) is 16.3 Å². The SMILES string of the molecule is COCC(=O)NCc1ccc2c(c1)N(C(=O)c1ccc(Cl)cc1)CC2. The first kappa shape index (κ1) is 17.5. The van der Waals surface area contributed by atoms with E-state index in [2.05, 4.69) is 5.32 Å². The summed E-state index contributed by atoms with van der Waals surface area (Å²) in [5, 5.41) is 3.40. The Hall–Kier alpha value is -2.37. The van der Waals surface area contributed by atoms with E-state index in [1.54, 1.807) is 29.2 Å². The molecule has 1 heterocycles. The quantitative estimate of drug-likeness (QED) is 0.894. The van der Waals surface area contributed by atoms with E-state index in [0.29, 0.717) is 23.7 Å². The van der Waals surface area contributed by atoms with Gasteiger partial charge in [-0.3, -0.25) is 9.59 Å². The Bertz CT molecular complexity index is 790. The molecule has 1 aliphatic heterocycles. The molecule has 3 rings (SSSR count). The number of carbonyl (C=O) groups is 2. The van der Waals surface area contributed by atoms with E-state index in [0.717, 1.165) is 23.2 Å². The fourth-order valence-corrected chi connectivity index (χ4v) is 3.00. The molecule has 5 nitrogen and oxygen atoms in total. The summed E-state index contributed by atoms with van der Waals surface area (Å²) in [4.78, 5) is 26.1. The highest BCUT2D eigenvalue weighted by molar-refractivity contribution is 6.30. The minimum atomic E-state index is -0.169. The van der Waals surface area contributed by atoms with Gasteiger partial charge in [0, 0.05) is 36.5 Å². The van der Waals surface area contributed by atoms with Gasteiger partial charge in [0.2, 0.25) is 5.91 Å². The second-order valence-corrected chi connectivity index (χ2v) is 6.32. The molecule has 0 atom stereocenters. The Balaban J connectivity index is 1.76. The van der Waals surface area contributed by atoms with Crippen molar-refractivity contribution < 1.29 is 14.3 Å². The second kappa shape index (κ2) is 7.68. The van der Waals surface area contributed by atoms with Gasteiger partial charge in [-0.2, -0.15) is 0 Å². The normalized spacial score (nSPS) is 12.8. The van der Waals surface area contributed by atoms with E-state index in [1.165, 1.54) is 7.11 Å². The molecule has 0 bridgehead atoms. The summed E-state index contributed by atoms with van der Waals surface area (Å²) in [7, 11) is 1.48. The van der Waals surface area contributed by atoms with Gasteiger partial charge in [0.05, 0.1) is 0 Å². The van der Waals surface area contributed by atoms with Gasteiger partial charge in [-0.05, 0) is 47.9 Å². The molecule has 25 heavy (non-hydrogen) atoms. The maximum Gasteiger partial charge on any atom is 0.258 e. The van der Waals surface area contributed by atoms with Crippen molar-refractivity contribution in [3.8, 4) is 0 Å². The van der Waals surface area contributed by atoms with Crippen molar-refractivity contribution in [3.63, 3.8) is 0 Å². The smallest absolute Gasteiger partial charge is 0.258 e. The number of anilines is 1. The number of hydrogen-bond acceptors (Lipinski definition) is 3. The van der Waals surface area contributed by atoms with Crippen molar-refractivity contribution in [2.75, 3.05) is 25.2 Å². The van der Waals surface area contributed by atoms with Gasteiger partial charge in [0.25, 0.3) is 5.91 Å². The average Bonchev–Trinajstić information content (AvgIpc) is 3.03. The Morgan fingerprint density at radius 1 is 1.20 bits per heavy atom. The van der Waals surface area contributed by atoms with Gasteiger partial charge in [-0.25, -0.2) is 0 Å². The van der Waals surface area contributed by atoms with Crippen LogP contribution in [-0.2, 0) is 22.5 Å². The number of hydrogen-bond donors (Lipinski definition) is 1. The zero-order valence-electron chi connectivity index (χ0n) is 13.9. The van der Waals surface area contributed by atoms with Gasteiger partial charge in [-0.15, -0.1) is 0 Å². The van der Waals surface area contributed by atoms with E-state index in [1.807, 2.05) is 18.2 Å². The molecule has 1 N–H and O–H groups in total. The van der Waals surface area contributed by atoms with Crippen LogP contribution in [0.25, 0.3) is 0 Å². The lowest BCUT2D eigenvalue weighted by Crippen LogP contribution is -2.29. The van der Waals surface area contributed by atoms with E-state index >= 15 is 0 Å². The molecule has 0 aromatic heterocycles. The maximum atomic E-state index is 12.8. The Morgan fingerprint density at radius 3 is 2.68 bits per heavy atom. The standard InChI is InChI=1S/C19H19ClN2O3/c1-25-12-18(23)21-11-13-2-3-14-8-9-22(17(14)10-13)19(24)15-4-6-16(20)7-5-15/h2-7,10H,8-9,11-12H2,1H3,(H,21,23). The molecular weight excluding hydrogens is 340 g/mol. The topological polar surface area (TPSA) is 58.6 Å². The molecule has 0 saturated carbocycles. The number of amides is 2. The van der Waals surface area contributed by atoms with Gasteiger partial charge in [0.1, 0.15) is 6.61 Å². The second-order valence-electron chi connectivity index (χ2n) is 5.89. The third-order valence-electron chi connectivity index (χ3n) is 4.15. The molecule has 6 heteroatoms. The summed E-state index contributed by atoms with van der Waals surface area (Å²) in [5.74, 6) is -0.215. The predicted molar refractivity (Wildman–Crippen MR) is 97.0 cm³/mol. The first-order valence-corrected chi connectivity index (χ1v) is 8.41. The number of halogens is 1. The van der Waals surface area contributed by atoms with Crippen molar-refractivity contribution in [2.45, 2.75) is 13.0 Å². The van der Waals surface area contributed by atoms with Crippen LogP contribution in [-0.4, -0.2) is 32.1 Å². The largest absolute Gasteiger partial charge is 0.375 e. The lowest BCUT2D eigenvalue weighted by atomic mass is 10.1. The highest BCUT2D eigenvalue weighted by Crippen LogP contribution is 2.30. The molecule has 130 valence electrons. The first-order chi connectivity index (χ1) is 12.1. The van der Waals surface area contributed by atoms with Crippen LogP contribution in [0.1, 0.15) is 21.5 Å². The van der Waals surface area contributed by atoms with Crippen molar-refractivity contribution in [3.05, 3.63) is 64.2 Å². The summed E-state index contributed by atoms with van der Waals surface area (Å²) in [5.41, 5.74) is 3.59. The number of nitrogens with one attached hydrogen (secondary N) is 1.